The molecule has 53 heavy (non-hydrogen) atoms. The molecule has 5 N–H and O–H groups in total. The van der Waals surface area contributed by atoms with Crippen molar-refractivity contribution in [1.29, 1.82) is 0 Å². The lowest BCUT2D eigenvalue weighted by Gasteiger charge is -2.34. The van der Waals surface area contributed by atoms with E-state index in [-0.39, 0.29) is 17.3 Å². The molecule has 12 heteroatoms. The van der Waals surface area contributed by atoms with Crippen LogP contribution in [0.1, 0.15) is 5.82 Å². The number of phenols is 2. The Bertz CT molecular complexity index is 2670. The number of hydrogen-bond acceptors (Lipinski definition) is 6. The van der Waals surface area contributed by atoms with Crippen molar-refractivity contribution in [1.82, 2.24) is 9.55 Å². The van der Waals surface area contributed by atoms with Crippen molar-refractivity contribution in [3.05, 3.63) is 127 Å². The van der Waals surface area contributed by atoms with E-state index in [0.29, 0.717) is 22.2 Å². The van der Waals surface area contributed by atoms with Gasteiger partial charge in [-0.25, -0.2) is 4.98 Å². The first-order chi connectivity index (χ1) is 25.3. The topological polar surface area (TPSA) is 119 Å². The molecular weight excluding hydrogens is 655 g/mol. The first-order valence-electron chi connectivity index (χ1n) is 17.6. The van der Waals surface area contributed by atoms with Crippen molar-refractivity contribution in [2.24, 2.45) is 0 Å². The van der Waals surface area contributed by atoms with Crippen LogP contribution in [0, 0.1) is 0 Å². The Kier molecular flexibility index (Phi) is 8.11. The third-order valence-electron chi connectivity index (χ3n) is 11.0. The molecule has 1 unspecified atom stereocenters. The maximum atomic E-state index is 11.5. The molecule has 0 aliphatic carbocycles. The molecule has 254 valence electrons. The average molecular weight is 690 g/mol. The molecule has 7 aromatic carbocycles. The Labute approximate surface area is 311 Å². The van der Waals surface area contributed by atoms with E-state index < -0.39 is 11.2 Å². The lowest BCUT2D eigenvalue weighted by molar-refractivity contribution is -0.188. The molecule has 1 heterocycles. The van der Waals surface area contributed by atoms with Crippen LogP contribution in [-0.4, -0.2) is 80.0 Å². The maximum Gasteiger partial charge on any atom is 0.181 e. The predicted octanol–water partition coefficient (Wildman–Crippen LogP) is 0.569. The highest BCUT2D eigenvalue weighted by Crippen LogP contribution is 2.45. The van der Waals surface area contributed by atoms with Gasteiger partial charge < -0.3 is 25.5 Å². The van der Waals surface area contributed by atoms with E-state index in [4.69, 9.17) is 0 Å². The summed E-state index contributed by atoms with van der Waals surface area (Å²) in [7, 11) is 8.24. The normalized spacial score (nSPS) is 13.1. The summed E-state index contributed by atoms with van der Waals surface area (Å²) in [4.78, 5) is 4.69. The zero-order valence-electron chi connectivity index (χ0n) is 30.2. The number of imidazole rings is 1. The molecular formula is C41H35B5N2O5. The van der Waals surface area contributed by atoms with Gasteiger partial charge in [-0.1, -0.05) is 113 Å². The van der Waals surface area contributed by atoms with Crippen molar-refractivity contribution >= 4 is 88.2 Å². The summed E-state index contributed by atoms with van der Waals surface area (Å²) in [5.41, 5.74) is 5.53. The standard InChI is InChI=1S/C41H35B5N2O5/c42-34-33(37(49)38(50)36(44)35(34)43)22-18-16-21(17-19-22)31-25-10-1-3-12-27(25)32(28-13-4-2-11-26(28)31)23-8-7-9-24(20-23)48-30-15-6-5-14-29(30)47-39(48)40(45,51)41(46,52)53/h1-20,49-53H,42-46H2. The summed E-state index contributed by atoms with van der Waals surface area (Å²) in [6.45, 7) is 0. The highest BCUT2D eigenvalue weighted by atomic mass is 16.5. The number of hydrogen-bond donors (Lipinski definition) is 5. The number of aromatic hydroxyl groups is 2. The predicted molar refractivity (Wildman–Crippen MR) is 228 cm³/mol. The van der Waals surface area contributed by atoms with Crippen LogP contribution in [-0.2, 0) is 5.50 Å². The van der Waals surface area contributed by atoms with Crippen LogP contribution in [0.25, 0.3) is 71.6 Å². The molecule has 0 spiro atoms. The van der Waals surface area contributed by atoms with Crippen LogP contribution >= 0.6 is 0 Å². The molecule has 0 bridgehead atoms. The Hall–Kier alpha value is -5.67. The third kappa shape index (κ3) is 5.36. The second-order valence-electron chi connectivity index (χ2n) is 14.3. The van der Waals surface area contributed by atoms with Crippen molar-refractivity contribution in [3.8, 4) is 50.6 Å². The summed E-state index contributed by atoms with van der Waals surface area (Å²) in [6.07, 6.45) is 0. The van der Waals surface area contributed by atoms with E-state index in [1.165, 1.54) is 7.85 Å². The van der Waals surface area contributed by atoms with Gasteiger partial charge in [0.2, 0.25) is 0 Å². The Morgan fingerprint density at radius 3 is 1.58 bits per heavy atom. The van der Waals surface area contributed by atoms with E-state index >= 15 is 0 Å². The van der Waals surface area contributed by atoms with Gasteiger partial charge in [0.25, 0.3) is 0 Å². The van der Waals surface area contributed by atoms with E-state index in [9.17, 15) is 25.5 Å². The van der Waals surface area contributed by atoms with E-state index in [1.54, 1.807) is 4.57 Å². The van der Waals surface area contributed by atoms with Crippen LogP contribution in [0.5, 0.6) is 11.5 Å². The molecule has 0 fully saturated rings. The first kappa shape index (κ1) is 34.4. The number of aromatic nitrogens is 2. The Morgan fingerprint density at radius 1 is 0.509 bits per heavy atom. The SMILES string of the molecule is Bc1c(B)c(O)c(O)c(-c2ccc(-c3c4ccccc4c(-c4cccc(-n5c(C(B)(O)C(B)(O)O)nc6ccccc65)c4)c4ccccc34)cc2)c1B. The number of rotatable bonds is 6. The van der Waals surface area contributed by atoms with E-state index in [2.05, 4.69) is 53.5 Å². The minimum Gasteiger partial charge on any atom is -0.505 e. The van der Waals surface area contributed by atoms with Crippen LogP contribution in [0.3, 0.4) is 0 Å². The largest absolute Gasteiger partial charge is 0.505 e. The molecule has 8 aromatic rings. The zero-order chi connectivity index (χ0) is 37.4. The Balaban J connectivity index is 1.34. The van der Waals surface area contributed by atoms with Gasteiger partial charge in [-0.05, 0) is 73.6 Å². The number of phenolic OH excluding ortho intramolecular Hbond substituents is 2. The zero-order valence-corrected chi connectivity index (χ0v) is 30.2. The van der Waals surface area contributed by atoms with Gasteiger partial charge in [-0.3, -0.25) is 4.57 Å². The van der Waals surface area contributed by atoms with Gasteiger partial charge in [0.1, 0.15) is 40.6 Å². The van der Waals surface area contributed by atoms with Crippen molar-refractivity contribution < 1.29 is 25.5 Å². The second-order valence-corrected chi connectivity index (χ2v) is 14.3. The van der Waals surface area contributed by atoms with Crippen LogP contribution in [0.15, 0.2) is 121 Å². The fraction of sp³-hybridized carbons (Fsp3) is 0.0488. The summed E-state index contributed by atoms with van der Waals surface area (Å²) in [5.74, 6) is -0.0923. The van der Waals surface area contributed by atoms with Crippen LogP contribution in [0.2, 0.25) is 0 Å². The monoisotopic (exact) mass is 690 g/mol. The van der Waals surface area contributed by atoms with Crippen molar-refractivity contribution in [2.45, 2.75) is 11.2 Å². The molecule has 0 saturated heterocycles. The summed E-state index contributed by atoms with van der Waals surface area (Å²) >= 11 is 0. The number of nitrogens with zero attached hydrogens (tertiary/aromatic N) is 2. The smallest absolute Gasteiger partial charge is 0.181 e. The lowest BCUT2D eigenvalue weighted by Crippen LogP contribution is -2.54. The molecule has 0 saturated carbocycles. The Morgan fingerprint density at radius 2 is 1.02 bits per heavy atom. The number of para-hydroxylation sites is 2. The molecule has 0 aliphatic rings. The second kappa shape index (κ2) is 12.5. The number of aliphatic hydroxyl groups is 3. The van der Waals surface area contributed by atoms with Gasteiger partial charge in [-0.15, -0.1) is 0 Å². The van der Waals surface area contributed by atoms with Crippen LogP contribution in [0.4, 0.5) is 0 Å². The van der Waals surface area contributed by atoms with Crippen LogP contribution < -0.4 is 16.4 Å². The highest BCUT2D eigenvalue weighted by molar-refractivity contribution is 6.59. The lowest BCUT2D eigenvalue weighted by atomic mass is 9.65. The minimum absolute atomic E-state index is 0.0908. The van der Waals surface area contributed by atoms with Gasteiger partial charge in [0, 0.05) is 11.3 Å². The summed E-state index contributed by atoms with van der Waals surface area (Å²) < 4.78 is 1.79. The highest BCUT2D eigenvalue weighted by Gasteiger charge is 2.45. The molecule has 1 aromatic heterocycles. The summed E-state index contributed by atoms with van der Waals surface area (Å²) in [5, 5.41) is 58.7. The fourth-order valence-corrected chi connectivity index (χ4v) is 7.65. The van der Waals surface area contributed by atoms with E-state index in [0.717, 1.165) is 73.7 Å². The quantitative estimate of drug-likeness (QED) is 0.0755. The molecule has 0 amide bonds. The minimum atomic E-state index is -2.47. The molecule has 1 atom stereocenters. The molecule has 7 nitrogen and oxygen atoms in total. The van der Waals surface area contributed by atoms with Gasteiger partial charge in [0.15, 0.2) is 27.2 Å². The van der Waals surface area contributed by atoms with Gasteiger partial charge >= 0.3 is 0 Å². The third-order valence-corrected chi connectivity index (χ3v) is 11.0. The molecule has 0 radical (unpaired) electrons. The average Bonchev–Trinajstić information content (AvgIpc) is 3.56. The van der Waals surface area contributed by atoms with Gasteiger partial charge in [-0.2, -0.15) is 0 Å². The first-order valence-corrected chi connectivity index (χ1v) is 17.6. The summed E-state index contributed by atoms with van der Waals surface area (Å²) in [6, 6.07) is 40.3. The van der Waals surface area contributed by atoms with E-state index in [1.807, 2.05) is 96.3 Å². The number of benzene rings is 7. The van der Waals surface area contributed by atoms with Crippen molar-refractivity contribution in [2.75, 3.05) is 0 Å². The number of fused-ring (bicyclic) bond motifs is 3. The fourth-order valence-electron chi connectivity index (χ4n) is 7.65. The molecule has 0 aliphatic heterocycles. The molecule has 8 rings (SSSR count). The van der Waals surface area contributed by atoms with Crippen molar-refractivity contribution in [3.63, 3.8) is 0 Å². The van der Waals surface area contributed by atoms with Gasteiger partial charge in [0.05, 0.1) is 11.0 Å². The maximum absolute atomic E-state index is 11.5.